The van der Waals surface area contributed by atoms with Crippen LogP contribution in [0.3, 0.4) is 0 Å². The Hall–Kier alpha value is -2.54. The molecule has 7 nitrogen and oxygen atoms in total. The van der Waals surface area contributed by atoms with E-state index in [-0.39, 0.29) is 18.2 Å². The largest absolute Gasteiger partial charge is 0.365 e. The van der Waals surface area contributed by atoms with Crippen molar-refractivity contribution in [2.45, 2.75) is 57.7 Å². The number of aliphatic imine (C=N–C) groups is 1. The van der Waals surface area contributed by atoms with Crippen LogP contribution in [0.4, 0.5) is 4.79 Å². The number of amidine groups is 1. The first-order valence-corrected chi connectivity index (χ1v) is 11.9. The lowest BCUT2D eigenvalue weighted by atomic mass is 9.81. The third-order valence-corrected chi connectivity index (χ3v) is 7.18. The highest BCUT2D eigenvalue weighted by molar-refractivity contribution is 5.91. The number of nitrogens with one attached hydrogen (secondary N) is 2. The summed E-state index contributed by atoms with van der Waals surface area (Å²) in [7, 11) is 0. The second-order valence-electron chi connectivity index (χ2n) is 9.35. The molecule has 7 heteroatoms. The number of benzene rings is 1. The van der Waals surface area contributed by atoms with E-state index in [0.29, 0.717) is 18.4 Å². The molecule has 0 aromatic heterocycles. The molecule has 1 unspecified atom stereocenters. The minimum Gasteiger partial charge on any atom is -0.365 e. The van der Waals surface area contributed by atoms with Gasteiger partial charge in [0.05, 0.1) is 0 Å². The number of hydrogen-bond donors (Lipinski definition) is 3. The normalized spacial score (nSPS) is 30.0. The Morgan fingerprint density at radius 1 is 1.16 bits per heavy atom. The van der Waals surface area contributed by atoms with E-state index in [1.165, 1.54) is 18.4 Å². The predicted molar refractivity (Wildman–Crippen MR) is 122 cm³/mol. The molecule has 1 aromatic carbocycles. The van der Waals surface area contributed by atoms with E-state index in [1.54, 1.807) is 0 Å². The Balaban J connectivity index is 1.38. The lowest BCUT2D eigenvalue weighted by Gasteiger charge is -2.36. The average Bonchev–Trinajstić information content (AvgIpc) is 3.42. The standard InChI is InChI=1S/C24H34N6O/c1-2-12-29-23-20(27-21(28-23)18-10-8-17(14-25)9-11-18)22-26-19(15-30(22)24(29)31)13-16-6-4-3-5-7-16/h3-7,17-19,23,26H,2,8-15,25H2,1H3,(H,27,28)/t17?,18?,19-,23?/m1/s1. The average molecular weight is 423 g/mol. The maximum atomic E-state index is 13.4. The Bertz CT molecular complexity index is 873. The quantitative estimate of drug-likeness (QED) is 0.658. The first-order valence-electron chi connectivity index (χ1n) is 11.9. The summed E-state index contributed by atoms with van der Waals surface area (Å²) < 4.78 is 0. The second-order valence-corrected chi connectivity index (χ2v) is 9.35. The molecule has 5 rings (SSSR count). The summed E-state index contributed by atoms with van der Waals surface area (Å²) in [6, 6.07) is 10.8. The van der Waals surface area contributed by atoms with Crippen LogP contribution in [0, 0.1) is 11.8 Å². The van der Waals surface area contributed by atoms with Crippen LogP contribution in [0.2, 0.25) is 0 Å². The molecule has 1 saturated carbocycles. The van der Waals surface area contributed by atoms with E-state index in [4.69, 9.17) is 10.7 Å². The van der Waals surface area contributed by atoms with Crippen LogP contribution < -0.4 is 16.4 Å². The Morgan fingerprint density at radius 3 is 2.65 bits per heavy atom. The van der Waals surface area contributed by atoms with Gasteiger partial charge < -0.3 is 16.4 Å². The number of nitrogens with zero attached hydrogens (tertiary/aromatic N) is 3. The van der Waals surface area contributed by atoms with Crippen LogP contribution in [0.25, 0.3) is 0 Å². The molecule has 1 aromatic rings. The third kappa shape index (κ3) is 3.80. The fourth-order valence-electron chi connectivity index (χ4n) is 5.48. The van der Waals surface area contributed by atoms with Gasteiger partial charge in [-0.15, -0.1) is 0 Å². The first kappa shape index (κ1) is 20.4. The molecule has 2 atom stereocenters. The fourth-order valence-corrected chi connectivity index (χ4v) is 5.48. The highest BCUT2D eigenvalue weighted by atomic mass is 16.2. The summed E-state index contributed by atoms with van der Waals surface area (Å²) in [5.41, 5.74) is 8.22. The number of hydrogen-bond acceptors (Lipinski definition) is 5. The van der Waals surface area contributed by atoms with Gasteiger partial charge in [-0.2, -0.15) is 0 Å². The van der Waals surface area contributed by atoms with Gasteiger partial charge in [-0.1, -0.05) is 37.3 Å². The Kier molecular flexibility index (Phi) is 5.61. The van der Waals surface area contributed by atoms with E-state index in [0.717, 1.165) is 56.1 Å². The summed E-state index contributed by atoms with van der Waals surface area (Å²) in [6.07, 6.45) is 6.18. The van der Waals surface area contributed by atoms with E-state index in [9.17, 15) is 4.79 Å². The van der Waals surface area contributed by atoms with Crippen molar-refractivity contribution in [3.05, 3.63) is 47.4 Å². The monoisotopic (exact) mass is 422 g/mol. The van der Waals surface area contributed by atoms with E-state index >= 15 is 0 Å². The van der Waals surface area contributed by atoms with Gasteiger partial charge in [0.1, 0.15) is 17.4 Å². The number of carbonyl (C=O) groups excluding carboxylic acids is 1. The van der Waals surface area contributed by atoms with Gasteiger partial charge in [0.2, 0.25) is 0 Å². The second kappa shape index (κ2) is 8.54. The minimum absolute atomic E-state index is 0.0762. The number of nitrogens with two attached hydrogens (primary N) is 1. The molecule has 2 fully saturated rings. The van der Waals surface area contributed by atoms with Crippen LogP contribution in [0.15, 0.2) is 46.8 Å². The van der Waals surface area contributed by atoms with Gasteiger partial charge in [-0.05, 0) is 56.6 Å². The molecule has 3 aliphatic heterocycles. The molecule has 4 N–H and O–H groups in total. The molecule has 2 amide bonds. The van der Waals surface area contributed by atoms with Crippen molar-refractivity contribution in [1.29, 1.82) is 0 Å². The third-order valence-electron chi connectivity index (χ3n) is 7.18. The lowest BCUT2D eigenvalue weighted by molar-refractivity contribution is 0.146. The molecule has 1 aliphatic carbocycles. The van der Waals surface area contributed by atoms with Crippen LogP contribution in [-0.4, -0.2) is 53.5 Å². The van der Waals surface area contributed by atoms with Crippen molar-refractivity contribution in [3.63, 3.8) is 0 Å². The van der Waals surface area contributed by atoms with E-state index in [2.05, 4.69) is 41.8 Å². The van der Waals surface area contributed by atoms with Crippen molar-refractivity contribution in [3.8, 4) is 0 Å². The summed E-state index contributed by atoms with van der Waals surface area (Å²) >= 11 is 0. The molecular weight excluding hydrogens is 388 g/mol. The summed E-state index contributed by atoms with van der Waals surface area (Å²) in [6.45, 7) is 4.31. The van der Waals surface area contributed by atoms with Gasteiger partial charge in [-0.25, -0.2) is 9.79 Å². The van der Waals surface area contributed by atoms with E-state index in [1.807, 2.05) is 15.9 Å². The Labute approximate surface area is 184 Å². The molecule has 1 saturated heterocycles. The number of urea groups is 1. The maximum absolute atomic E-state index is 13.4. The number of amides is 2. The number of carbonyl (C=O) groups is 1. The minimum atomic E-state index is -0.219. The lowest BCUT2D eigenvalue weighted by Crippen LogP contribution is -2.53. The highest BCUT2D eigenvalue weighted by Crippen LogP contribution is 2.35. The molecule has 166 valence electrons. The first-order chi connectivity index (χ1) is 15.2. The maximum Gasteiger partial charge on any atom is 0.327 e. The van der Waals surface area contributed by atoms with Crippen LogP contribution in [-0.2, 0) is 6.42 Å². The number of fused-ring (bicyclic) bond motifs is 2. The smallest absolute Gasteiger partial charge is 0.327 e. The predicted octanol–water partition coefficient (Wildman–Crippen LogP) is 2.61. The SMILES string of the molecule is CCCN1C(=O)N2C[C@@H](Cc3ccccc3)NC2=C2NC(C3CCC(CN)CC3)=NC21. The molecular formula is C24H34N6O. The van der Waals surface area contributed by atoms with Crippen molar-refractivity contribution in [1.82, 2.24) is 20.4 Å². The van der Waals surface area contributed by atoms with Crippen LogP contribution in [0.1, 0.15) is 44.6 Å². The molecule has 3 heterocycles. The Morgan fingerprint density at radius 2 is 1.94 bits per heavy atom. The van der Waals surface area contributed by atoms with Gasteiger partial charge >= 0.3 is 6.03 Å². The van der Waals surface area contributed by atoms with Crippen molar-refractivity contribution in [2.24, 2.45) is 22.6 Å². The van der Waals surface area contributed by atoms with Gasteiger partial charge in [0, 0.05) is 25.0 Å². The zero-order chi connectivity index (χ0) is 21.4. The molecule has 0 spiro atoms. The summed E-state index contributed by atoms with van der Waals surface area (Å²) in [5.74, 6) is 3.08. The van der Waals surface area contributed by atoms with Gasteiger partial charge in [0.25, 0.3) is 0 Å². The molecule has 0 bridgehead atoms. The van der Waals surface area contributed by atoms with Crippen LogP contribution >= 0.6 is 0 Å². The van der Waals surface area contributed by atoms with E-state index < -0.39 is 0 Å². The van der Waals surface area contributed by atoms with Crippen LogP contribution in [0.5, 0.6) is 0 Å². The summed E-state index contributed by atoms with van der Waals surface area (Å²) in [4.78, 5) is 22.3. The molecule has 0 radical (unpaired) electrons. The van der Waals surface area contributed by atoms with Crippen molar-refractivity contribution in [2.75, 3.05) is 19.6 Å². The van der Waals surface area contributed by atoms with Gasteiger partial charge in [0.15, 0.2) is 6.17 Å². The van der Waals surface area contributed by atoms with Gasteiger partial charge in [-0.3, -0.25) is 9.80 Å². The zero-order valence-corrected chi connectivity index (χ0v) is 18.4. The number of rotatable bonds is 6. The molecule has 4 aliphatic rings. The molecule has 31 heavy (non-hydrogen) atoms. The highest BCUT2D eigenvalue weighted by Gasteiger charge is 2.47. The fraction of sp³-hybridized carbons (Fsp3) is 0.583. The van der Waals surface area contributed by atoms with Crippen molar-refractivity contribution < 1.29 is 4.79 Å². The van der Waals surface area contributed by atoms with Crippen molar-refractivity contribution >= 4 is 11.9 Å². The zero-order valence-electron chi connectivity index (χ0n) is 18.4. The topological polar surface area (TPSA) is 86.0 Å². The summed E-state index contributed by atoms with van der Waals surface area (Å²) in [5, 5.41) is 7.31.